The Balaban J connectivity index is 2.19. The third kappa shape index (κ3) is 4.46. The summed E-state index contributed by atoms with van der Waals surface area (Å²) in [6.45, 7) is 7.78. The Morgan fingerprint density at radius 1 is 1.33 bits per heavy atom. The lowest BCUT2D eigenvalue weighted by Crippen LogP contribution is -2.46. The number of phenolic OH excluding ortho intramolecular Hbond substituents is 1. The number of nitrogens with zero attached hydrogens (tertiary/aromatic N) is 2. The summed E-state index contributed by atoms with van der Waals surface area (Å²) in [6, 6.07) is 3.59. The Morgan fingerprint density at radius 2 is 2.00 bits per heavy atom. The van der Waals surface area contributed by atoms with Gasteiger partial charge in [-0.05, 0) is 43.4 Å². The van der Waals surface area contributed by atoms with Crippen LogP contribution in [0.25, 0.3) is 0 Å². The largest absolute Gasteiger partial charge is 0.502 e. The van der Waals surface area contributed by atoms with Crippen LogP contribution in [0.5, 0.6) is 17.2 Å². The standard InChI is InChI=1S/C18H29N3O3/c1-5-19-18(21-8-6-7-13(2)12-21)20-11-14-9-15(23-3)17(22)16(10-14)24-4/h9-10,13,22H,5-8,11-12H2,1-4H3,(H,19,20). The van der Waals surface area contributed by atoms with Gasteiger partial charge in [0, 0.05) is 19.6 Å². The summed E-state index contributed by atoms with van der Waals surface area (Å²) < 4.78 is 10.4. The molecule has 1 fully saturated rings. The highest BCUT2D eigenvalue weighted by molar-refractivity contribution is 5.80. The maximum Gasteiger partial charge on any atom is 0.200 e. The second-order valence-electron chi connectivity index (χ2n) is 6.21. The molecule has 0 spiro atoms. The van der Waals surface area contributed by atoms with Crippen LogP contribution in [-0.4, -0.2) is 49.8 Å². The molecule has 1 aliphatic rings. The van der Waals surface area contributed by atoms with E-state index < -0.39 is 0 Å². The van der Waals surface area contributed by atoms with E-state index in [4.69, 9.17) is 14.5 Å². The lowest BCUT2D eigenvalue weighted by molar-refractivity contribution is 0.266. The SMILES string of the molecule is CCNC(=NCc1cc(OC)c(O)c(OC)c1)N1CCCC(C)C1. The second-order valence-corrected chi connectivity index (χ2v) is 6.21. The molecule has 6 heteroatoms. The van der Waals surface area contributed by atoms with Crippen molar-refractivity contribution in [2.45, 2.75) is 33.2 Å². The van der Waals surface area contributed by atoms with Crippen LogP contribution in [0.4, 0.5) is 0 Å². The summed E-state index contributed by atoms with van der Waals surface area (Å²) in [5.41, 5.74) is 0.932. The normalized spacial score (nSPS) is 18.4. The van der Waals surface area contributed by atoms with Crippen molar-refractivity contribution < 1.29 is 14.6 Å². The Hall–Kier alpha value is -2.11. The maximum atomic E-state index is 10.0. The highest BCUT2D eigenvalue weighted by Crippen LogP contribution is 2.37. The number of ether oxygens (including phenoxy) is 2. The molecule has 0 bridgehead atoms. The Labute approximate surface area is 144 Å². The Morgan fingerprint density at radius 3 is 2.54 bits per heavy atom. The number of aromatic hydroxyl groups is 1. The van der Waals surface area contributed by atoms with Gasteiger partial charge in [0.15, 0.2) is 17.5 Å². The van der Waals surface area contributed by atoms with E-state index in [0.29, 0.717) is 24.0 Å². The number of nitrogens with one attached hydrogen (secondary N) is 1. The van der Waals surface area contributed by atoms with E-state index in [9.17, 15) is 5.11 Å². The fraction of sp³-hybridized carbons (Fsp3) is 0.611. The molecule has 0 saturated carbocycles. The number of likely N-dealkylation sites (tertiary alicyclic amines) is 1. The minimum atomic E-state index is 0.0180. The molecule has 1 unspecified atom stereocenters. The molecule has 2 rings (SSSR count). The number of methoxy groups -OCH3 is 2. The van der Waals surface area contributed by atoms with Gasteiger partial charge in [-0.15, -0.1) is 0 Å². The third-order valence-corrected chi connectivity index (χ3v) is 4.24. The van der Waals surface area contributed by atoms with E-state index in [2.05, 4.69) is 24.1 Å². The molecule has 0 radical (unpaired) electrons. The smallest absolute Gasteiger partial charge is 0.200 e. The average molecular weight is 335 g/mol. The fourth-order valence-corrected chi connectivity index (χ4v) is 3.01. The van der Waals surface area contributed by atoms with Crippen LogP contribution < -0.4 is 14.8 Å². The van der Waals surface area contributed by atoms with E-state index in [-0.39, 0.29) is 5.75 Å². The lowest BCUT2D eigenvalue weighted by atomic mass is 10.0. The predicted octanol–water partition coefficient (Wildman–Crippen LogP) is 2.61. The third-order valence-electron chi connectivity index (χ3n) is 4.24. The van der Waals surface area contributed by atoms with Crippen LogP contribution in [-0.2, 0) is 6.54 Å². The zero-order valence-electron chi connectivity index (χ0n) is 15.1. The van der Waals surface area contributed by atoms with Gasteiger partial charge in [0.2, 0.25) is 5.75 Å². The first-order chi connectivity index (χ1) is 11.6. The first-order valence-corrected chi connectivity index (χ1v) is 8.56. The van der Waals surface area contributed by atoms with Crippen molar-refractivity contribution in [1.29, 1.82) is 0 Å². The Kier molecular flexibility index (Phi) is 6.58. The number of piperidine rings is 1. The van der Waals surface area contributed by atoms with Crippen molar-refractivity contribution >= 4 is 5.96 Å². The number of rotatable bonds is 5. The number of guanidine groups is 1. The van der Waals surface area contributed by atoms with Gasteiger partial charge in [0.05, 0.1) is 20.8 Å². The first kappa shape index (κ1) is 18.2. The molecular formula is C18H29N3O3. The van der Waals surface area contributed by atoms with Gasteiger partial charge in [0.1, 0.15) is 0 Å². The summed E-state index contributed by atoms with van der Waals surface area (Å²) in [5.74, 6) is 2.45. The molecule has 1 aliphatic heterocycles. The topological polar surface area (TPSA) is 66.3 Å². The maximum absolute atomic E-state index is 10.0. The molecule has 0 aromatic heterocycles. The van der Waals surface area contributed by atoms with Crippen LogP contribution in [0, 0.1) is 5.92 Å². The van der Waals surface area contributed by atoms with Crippen molar-refractivity contribution in [1.82, 2.24) is 10.2 Å². The number of benzene rings is 1. The molecule has 0 aliphatic carbocycles. The van der Waals surface area contributed by atoms with Gasteiger partial charge in [-0.1, -0.05) is 6.92 Å². The molecule has 1 aromatic carbocycles. The number of aliphatic imine (C=N–C) groups is 1. The highest BCUT2D eigenvalue weighted by atomic mass is 16.5. The molecule has 0 amide bonds. The molecule has 1 aromatic rings. The summed E-state index contributed by atoms with van der Waals surface area (Å²) in [4.78, 5) is 7.09. The van der Waals surface area contributed by atoms with Crippen LogP contribution in [0.3, 0.4) is 0 Å². The highest BCUT2D eigenvalue weighted by Gasteiger charge is 2.19. The molecule has 2 N–H and O–H groups in total. The van der Waals surface area contributed by atoms with Gasteiger partial charge in [-0.3, -0.25) is 0 Å². The zero-order chi connectivity index (χ0) is 17.5. The average Bonchev–Trinajstić information content (AvgIpc) is 2.59. The number of hydrogen-bond acceptors (Lipinski definition) is 4. The Bertz CT molecular complexity index is 550. The van der Waals surface area contributed by atoms with Crippen molar-refractivity contribution in [3.63, 3.8) is 0 Å². The first-order valence-electron chi connectivity index (χ1n) is 8.56. The van der Waals surface area contributed by atoms with Crippen LogP contribution in [0.15, 0.2) is 17.1 Å². The lowest BCUT2D eigenvalue weighted by Gasteiger charge is -2.33. The molecule has 1 heterocycles. The molecule has 1 saturated heterocycles. The number of phenols is 1. The van der Waals surface area contributed by atoms with Crippen molar-refractivity contribution in [2.75, 3.05) is 33.9 Å². The van der Waals surface area contributed by atoms with Crippen molar-refractivity contribution in [3.8, 4) is 17.2 Å². The minimum absolute atomic E-state index is 0.0180. The van der Waals surface area contributed by atoms with E-state index in [1.165, 1.54) is 27.1 Å². The molecule has 6 nitrogen and oxygen atoms in total. The number of hydrogen-bond donors (Lipinski definition) is 2. The summed E-state index contributed by atoms with van der Waals surface area (Å²) in [7, 11) is 3.06. The van der Waals surface area contributed by atoms with E-state index in [1.807, 2.05) is 0 Å². The monoisotopic (exact) mass is 335 g/mol. The van der Waals surface area contributed by atoms with E-state index >= 15 is 0 Å². The van der Waals surface area contributed by atoms with E-state index in [1.54, 1.807) is 12.1 Å². The van der Waals surface area contributed by atoms with Crippen LogP contribution >= 0.6 is 0 Å². The summed E-state index contributed by atoms with van der Waals surface area (Å²) >= 11 is 0. The van der Waals surface area contributed by atoms with Gasteiger partial charge in [-0.25, -0.2) is 4.99 Å². The summed E-state index contributed by atoms with van der Waals surface area (Å²) in [5, 5.41) is 13.4. The molecule has 1 atom stereocenters. The van der Waals surface area contributed by atoms with Crippen molar-refractivity contribution in [2.24, 2.45) is 10.9 Å². The summed E-state index contributed by atoms with van der Waals surface area (Å²) in [6.07, 6.45) is 2.48. The molecule has 24 heavy (non-hydrogen) atoms. The quantitative estimate of drug-likeness (QED) is 0.639. The van der Waals surface area contributed by atoms with Crippen molar-refractivity contribution in [3.05, 3.63) is 17.7 Å². The van der Waals surface area contributed by atoms with Gasteiger partial charge >= 0.3 is 0 Å². The second kappa shape index (κ2) is 8.66. The van der Waals surface area contributed by atoms with Crippen LogP contribution in [0.2, 0.25) is 0 Å². The molecule has 134 valence electrons. The van der Waals surface area contributed by atoms with Gasteiger partial charge in [0.25, 0.3) is 0 Å². The van der Waals surface area contributed by atoms with Gasteiger partial charge < -0.3 is 24.8 Å². The fourth-order valence-electron chi connectivity index (χ4n) is 3.01. The van der Waals surface area contributed by atoms with Gasteiger partial charge in [-0.2, -0.15) is 0 Å². The predicted molar refractivity (Wildman–Crippen MR) is 96.0 cm³/mol. The molecular weight excluding hydrogens is 306 g/mol. The van der Waals surface area contributed by atoms with E-state index in [0.717, 1.165) is 31.2 Å². The zero-order valence-corrected chi connectivity index (χ0v) is 15.1. The minimum Gasteiger partial charge on any atom is -0.502 e. The van der Waals surface area contributed by atoms with Crippen LogP contribution in [0.1, 0.15) is 32.3 Å².